The molecule has 1 aliphatic heterocycles. The molecule has 3 N–H and O–H groups in total. The maximum absolute atomic E-state index is 13.3. The second kappa shape index (κ2) is 9.60. The van der Waals surface area contributed by atoms with E-state index >= 15 is 0 Å². The fraction of sp³-hybridized carbons (Fsp3) is 0.292. The van der Waals surface area contributed by atoms with Crippen LogP contribution in [0.2, 0.25) is 0 Å². The molecule has 148 valence electrons. The van der Waals surface area contributed by atoms with E-state index in [0.29, 0.717) is 42.2 Å². The number of hydrogen-bond donors (Lipinski definition) is 2. The SMILES string of the molecule is C#Cc1cccc(C(=O)N2CCC(c3cccc(CN)c3)CC2)c1/C=C(\C)BO. The molecule has 0 aromatic heterocycles. The van der Waals surface area contributed by atoms with E-state index in [9.17, 15) is 9.82 Å². The van der Waals surface area contributed by atoms with Crippen molar-refractivity contribution in [2.24, 2.45) is 5.73 Å². The number of nitrogens with two attached hydrogens (primary N) is 1. The average Bonchev–Trinajstić information content (AvgIpc) is 2.78. The second-order valence-electron chi connectivity index (χ2n) is 7.58. The smallest absolute Gasteiger partial charge is 0.300 e. The minimum atomic E-state index is -0.0696. The molecule has 0 unspecified atom stereocenters. The van der Waals surface area contributed by atoms with E-state index in [1.54, 1.807) is 0 Å². The fourth-order valence-electron chi connectivity index (χ4n) is 3.89. The number of rotatable bonds is 5. The molecule has 3 rings (SSSR count). The minimum Gasteiger partial charge on any atom is -0.449 e. The third kappa shape index (κ3) is 4.79. The summed E-state index contributed by atoms with van der Waals surface area (Å²) in [6.07, 6.45) is 9.31. The van der Waals surface area contributed by atoms with E-state index < -0.39 is 0 Å². The Morgan fingerprint density at radius 3 is 2.69 bits per heavy atom. The molecule has 1 amide bonds. The van der Waals surface area contributed by atoms with Crippen molar-refractivity contribution in [1.29, 1.82) is 0 Å². The van der Waals surface area contributed by atoms with Gasteiger partial charge in [0.25, 0.3) is 13.4 Å². The van der Waals surface area contributed by atoms with E-state index in [1.165, 1.54) is 5.56 Å². The molecule has 1 saturated heterocycles. The molecule has 0 saturated carbocycles. The van der Waals surface area contributed by atoms with Gasteiger partial charge in [0.1, 0.15) is 0 Å². The normalized spacial score (nSPS) is 15.1. The number of carbonyl (C=O) groups is 1. The quantitative estimate of drug-likeness (QED) is 0.614. The van der Waals surface area contributed by atoms with Crippen LogP contribution in [0.5, 0.6) is 0 Å². The number of nitrogens with zero attached hydrogens (tertiary/aromatic N) is 1. The highest BCUT2D eigenvalue weighted by atomic mass is 16.2. The summed E-state index contributed by atoms with van der Waals surface area (Å²) in [7, 11) is -0.0696. The Morgan fingerprint density at radius 1 is 1.31 bits per heavy atom. The molecule has 1 fully saturated rings. The van der Waals surface area contributed by atoms with E-state index in [0.717, 1.165) is 23.9 Å². The summed E-state index contributed by atoms with van der Waals surface area (Å²) in [5.74, 6) is 3.09. The van der Waals surface area contributed by atoms with Gasteiger partial charge in [-0.15, -0.1) is 6.42 Å². The number of benzene rings is 2. The van der Waals surface area contributed by atoms with Gasteiger partial charge in [0.15, 0.2) is 0 Å². The molecule has 2 aromatic carbocycles. The summed E-state index contributed by atoms with van der Waals surface area (Å²) in [5.41, 5.74) is 10.9. The number of carbonyl (C=O) groups excluding carboxylic acids is 1. The van der Waals surface area contributed by atoms with Crippen molar-refractivity contribution >= 4 is 19.5 Å². The molecule has 0 atom stereocenters. The zero-order valence-corrected chi connectivity index (χ0v) is 16.9. The van der Waals surface area contributed by atoms with Crippen LogP contribution in [0, 0.1) is 12.3 Å². The number of allylic oxidation sites excluding steroid dienone is 1. The Bertz CT molecular complexity index is 954. The van der Waals surface area contributed by atoms with Gasteiger partial charge < -0.3 is 15.7 Å². The van der Waals surface area contributed by atoms with E-state index in [2.05, 4.69) is 24.1 Å². The second-order valence-corrected chi connectivity index (χ2v) is 7.58. The lowest BCUT2D eigenvalue weighted by atomic mass is 9.85. The van der Waals surface area contributed by atoms with Gasteiger partial charge in [-0.3, -0.25) is 4.79 Å². The first kappa shape index (κ1) is 20.9. The highest BCUT2D eigenvalue weighted by Crippen LogP contribution is 2.30. The Labute approximate surface area is 173 Å². The predicted octanol–water partition coefficient (Wildman–Crippen LogP) is 2.85. The number of amides is 1. The molecule has 5 heteroatoms. The van der Waals surface area contributed by atoms with Crippen molar-refractivity contribution in [2.45, 2.75) is 32.2 Å². The third-order valence-corrected chi connectivity index (χ3v) is 5.57. The lowest BCUT2D eigenvalue weighted by Gasteiger charge is -2.33. The molecule has 1 aliphatic rings. The van der Waals surface area contributed by atoms with Crippen molar-refractivity contribution in [1.82, 2.24) is 4.90 Å². The molecule has 1 heterocycles. The Kier molecular flexibility index (Phi) is 6.92. The monoisotopic (exact) mass is 386 g/mol. The van der Waals surface area contributed by atoms with Crippen LogP contribution in [-0.4, -0.2) is 36.4 Å². The minimum absolute atomic E-state index is 0.00625. The van der Waals surface area contributed by atoms with Crippen molar-refractivity contribution in [2.75, 3.05) is 13.1 Å². The van der Waals surface area contributed by atoms with Crippen molar-refractivity contribution in [3.63, 3.8) is 0 Å². The molecular formula is C24H27BN2O2. The van der Waals surface area contributed by atoms with Crippen LogP contribution >= 0.6 is 0 Å². The van der Waals surface area contributed by atoms with Gasteiger partial charge in [0, 0.05) is 36.3 Å². The van der Waals surface area contributed by atoms with Crippen LogP contribution in [0.3, 0.4) is 0 Å². The van der Waals surface area contributed by atoms with Crippen LogP contribution in [-0.2, 0) is 6.54 Å². The molecule has 0 radical (unpaired) electrons. The van der Waals surface area contributed by atoms with Crippen molar-refractivity contribution < 1.29 is 9.82 Å². The Hall–Kier alpha value is -2.81. The Balaban J connectivity index is 1.78. The van der Waals surface area contributed by atoms with Crippen LogP contribution in [0.4, 0.5) is 0 Å². The lowest BCUT2D eigenvalue weighted by molar-refractivity contribution is 0.0712. The summed E-state index contributed by atoms with van der Waals surface area (Å²) in [5, 5.41) is 9.39. The van der Waals surface area contributed by atoms with Crippen molar-refractivity contribution in [3.05, 3.63) is 75.8 Å². The van der Waals surface area contributed by atoms with Gasteiger partial charge in [0.2, 0.25) is 0 Å². The van der Waals surface area contributed by atoms with Gasteiger partial charge in [-0.1, -0.05) is 47.8 Å². The molecule has 0 spiro atoms. The first-order valence-electron chi connectivity index (χ1n) is 10.0. The summed E-state index contributed by atoms with van der Waals surface area (Å²) in [4.78, 5) is 15.2. The first-order chi connectivity index (χ1) is 14.1. The van der Waals surface area contributed by atoms with Crippen LogP contribution in [0.15, 0.2) is 47.9 Å². The molecular weight excluding hydrogens is 359 g/mol. The van der Waals surface area contributed by atoms with Gasteiger partial charge in [-0.25, -0.2) is 0 Å². The summed E-state index contributed by atoms with van der Waals surface area (Å²) >= 11 is 0. The summed E-state index contributed by atoms with van der Waals surface area (Å²) in [6, 6.07) is 13.9. The van der Waals surface area contributed by atoms with Gasteiger partial charge >= 0.3 is 0 Å². The zero-order valence-electron chi connectivity index (χ0n) is 16.9. The van der Waals surface area contributed by atoms with E-state index in [4.69, 9.17) is 12.2 Å². The van der Waals surface area contributed by atoms with E-state index in [1.807, 2.05) is 42.2 Å². The van der Waals surface area contributed by atoms with Crippen molar-refractivity contribution in [3.8, 4) is 12.3 Å². The molecule has 29 heavy (non-hydrogen) atoms. The predicted molar refractivity (Wildman–Crippen MR) is 120 cm³/mol. The topological polar surface area (TPSA) is 66.6 Å². The standard InChI is InChI=1S/C24H27BN2O2/c1-3-19-7-5-9-22(23(19)14-17(2)25-29)24(28)27-12-10-20(11-13-27)21-8-4-6-18(15-21)16-26/h1,4-9,14-15,20,25,29H,10-13,16,26H2,2H3/b17-14+. The molecule has 4 nitrogen and oxygen atoms in total. The molecule has 0 bridgehead atoms. The maximum atomic E-state index is 13.3. The zero-order chi connectivity index (χ0) is 20.8. The Morgan fingerprint density at radius 2 is 2.03 bits per heavy atom. The van der Waals surface area contributed by atoms with Crippen LogP contribution in [0.25, 0.3) is 6.08 Å². The molecule has 2 aromatic rings. The van der Waals surface area contributed by atoms with Gasteiger partial charge in [-0.2, -0.15) is 0 Å². The van der Waals surface area contributed by atoms with Crippen LogP contribution < -0.4 is 5.73 Å². The molecule has 0 aliphatic carbocycles. The summed E-state index contributed by atoms with van der Waals surface area (Å²) < 4.78 is 0. The first-order valence-corrected chi connectivity index (χ1v) is 10.0. The number of hydrogen-bond acceptors (Lipinski definition) is 3. The van der Waals surface area contributed by atoms with Gasteiger partial charge in [-0.05, 0) is 48.9 Å². The average molecular weight is 386 g/mol. The highest BCUT2D eigenvalue weighted by molar-refractivity contribution is 6.37. The fourth-order valence-corrected chi connectivity index (χ4v) is 3.89. The largest absolute Gasteiger partial charge is 0.449 e. The third-order valence-electron chi connectivity index (χ3n) is 5.57. The van der Waals surface area contributed by atoms with Crippen LogP contribution in [0.1, 0.15) is 58.3 Å². The van der Waals surface area contributed by atoms with E-state index in [-0.39, 0.29) is 13.4 Å². The summed E-state index contributed by atoms with van der Waals surface area (Å²) in [6.45, 7) is 3.78. The number of piperidine rings is 1. The maximum Gasteiger partial charge on any atom is 0.300 e. The lowest BCUT2D eigenvalue weighted by Crippen LogP contribution is -2.38. The number of likely N-dealkylation sites (tertiary alicyclic amines) is 1. The highest BCUT2D eigenvalue weighted by Gasteiger charge is 2.26. The number of terminal acetylenes is 1. The van der Waals surface area contributed by atoms with Gasteiger partial charge in [0.05, 0.1) is 0 Å².